The number of rotatable bonds is 12. The fraction of sp³-hybridized carbons (Fsp3) is 0.867. The van der Waals surface area contributed by atoms with Crippen LogP contribution in [0.5, 0.6) is 0 Å². The lowest BCUT2D eigenvalue weighted by Crippen LogP contribution is -2.42. The molecule has 1 rings (SSSR count). The third kappa shape index (κ3) is 16.9. The summed E-state index contributed by atoms with van der Waals surface area (Å²) in [6.45, 7) is 11.4. The van der Waals surface area contributed by atoms with Gasteiger partial charge in [-0.05, 0) is 80.1 Å². The highest BCUT2D eigenvalue weighted by atomic mass is 16.6. The van der Waals surface area contributed by atoms with E-state index < -0.39 is 52.1 Å². The maximum atomic E-state index is 13.5. The van der Waals surface area contributed by atoms with Crippen molar-refractivity contribution in [3.63, 3.8) is 0 Å². The molecule has 57 heavy (non-hydrogen) atoms. The van der Waals surface area contributed by atoms with Gasteiger partial charge < -0.3 is 28.4 Å². The molecular weight excluding hydrogens is 732 g/mol. The molecular formula is C45H78O12. The van der Waals surface area contributed by atoms with Crippen LogP contribution in [0.2, 0.25) is 0 Å². The van der Waals surface area contributed by atoms with Gasteiger partial charge in [0.25, 0.3) is 0 Å². The summed E-state index contributed by atoms with van der Waals surface area (Å²) in [6.07, 6.45) is 16.0. The predicted molar refractivity (Wildman–Crippen MR) is 218 cm³/mol. The molecule has 0 N–H and O–H groups in total. The average Bonchev–Trinajstić information content (AvgIpc) is 3.18. The molecule has 0 aromatic rings. The molecule has 1 fully saturated rings. The average molecular weight is 811 g/mol. The highest BCUT2D eigenvalue weighted by molar-refractivity contribution is 6.01. The van der Waals surface area contributed by atoms with Crippen LogP contribution in [0, 0.1) is 16.2 Å². The summed E-state index contributed by atoms with van der Waals surface area (Å²) < 4.78 is 32.8. The van der Waals surface area contributed by atoms with Crippen molar-refractivity contribution in [3.8, 4) is 0 Å². The van der Waals surface area contributed by atoms with Gasteiger partial charge in [-0.1, -0.05) is 116 Å². The number of carbonyl (C=O) groups excluding carboxylic acids is 6. The Balaban J connectivity index is 3.35. The van der Waals surface area contributed by atoms with Crippen LogP contribution in [-0.4, -0.2) is 75.5 Å². The molecule has 330 valence electrons. The zero-order valence-corrected chi connectivity index (χ0v) is 36.6. The lowest BCUT2D eigenvalue weighted by molar-refractivity contribution is -0.175. The second-order valence-corrected chi connectivity index (χ2v) is 15.4. The van der Waals surface area contributed by atoms with Crippen molar-refractivity contribution < 1.29 is 57.2 Å². The van der Waals surface area contributed by atoms with E-state index in [4.69, 9.17) is 28.4 Å². The fourth-order valence-electron chi connectivity index (χ4n) is 8.15. The number of hydrogen-bond donors (Lipinski definition) is 0. The minimum atomic E-state index is -1.37. The Morgan fingerprint density at radius 2 is 0.386 bits per heavy atom. The van der Waals surface area contributed by atoms with E-state index in [2.05, 4.69) is 0 Å². The Bertz CT molecular complexity index is 948. The van der Waals surface area contributed by atoms with Gasteiger partial charge in [0.2, 0.25) is 0 Å². The van der Waals surface area contributed by atoms with Crippen molar-refractivity contribution in [2.75, 3.05) is 39.6 Å². The third-order valence-electron chi connectivity index (χ3n) is 11.4. The molecule has 0 saturated heterocycles. The van der Waals surface area contributed by atoms with E-state index in [0.29, 0.717) is 77.0 Å². The minimum absolute atomic E-state index is 0.165. The molecule has 0 radical (unpaired) electrons. The fourth-order valence-corrected chi connectivity index (χ4v) is 8.15. The van der Waals surface area contributed by atoms with E-state index in [1.54, 1.807) is 41.5 Å². The normalized spacial score (nSPS) is 19.7. The zero-order chi connectivity index (χ0) is 42.4. The van der Waals surface area contributed by atoms with Gasteiger partial charge in [0, 0.05) is 0 Å². The zero-order valence-electron chi connectivity index (χ0n) is 36.6. The molecule has 1 aliphatic rings. The summed E-state index contributed by atoms with van der Waals surface area (Å²) in [7, 11) is 0. The van der Waals surface area contributed by atoms with Crippen molar-refractivity contribution in [2.45, 2.75) is 196 Å². The van der Waals surface area contributed by atoms with E-state index in [1.165, 1.54) is 0 Å². The number of ether oxygens (including phenoxy) is 6. The van der Waals surface area contributed by atoms with Gasteiger partial charge >= 0.3 is 35.8 Å². The van der Waals surface area contributed by atoms with E-state index in [-0.39, 0.29) is 39.6 Å². The van der Waals surface area contributed by atoms with Gasteiger partial charge in [-0.2, -0.15) is 0 Å². The molecule has 1 aliphatic carbocycles. The van der Waals surface area contributed by atoms with E-state index in [9.17, 15) is 28.8 Å². The molecule has 12 nitrogen and oxygen atoms in total. The summed E-state index contributed by atoms with van der Waals surface area (Å²) in [5, 5.41) is 0. The molecule has 0 unspecified atom stereocenters. The van der Waals surface area contributed by atoms with Crippen LogP contribution in [0.4, 0.5) is 0 Å². The molecule has 0 aromatic heterocycles. The Labute approximate surface area is 343 Å². The van der Waals surface area contributed by atoms with Crippen LogP contribution in [0.15, 0.2) is 0 Å². The molecule has 0 atom stereocenters. The minimum Gasteiger partial charge on any atom is -0.465 e. The summed E-state index contributed by atoms with van der Waals surface area (Å²) in [5.74, 6) is -3.19. The van der Waals surface area contributed by atoms with Crippen LogP contribution < -0.4 is 0 Å². The second-order valence-electron chi connectivity index (χ2n) is 15.4. The lowest BCUT2D eigenvalue weighted by Gasteiger charge is -2.29. The van der Waals surface area contributed by atoms with Crippen molar-refractivity contribution in [1.82, 2.24) is 0 Å². The standard InChI is InChI=1S/C45H78O12/c1-7-52-37(46)43(38(47)53-8-2)31-25-19-13-15-21-27-33-44(39(48)54-9-3,40(49)55-10-4)35-29-23-17-18-24-30-36-45(41(50)56-11-5,42(51)57-12-6)34-28-22-16-14-20-26-32-43/h7-36H2,1-6H3. The molecule has 0 bridgehead atoms. The molecule has 0 heterocycles. The number of hydrogen-bond acceptors (Lipinski definition) is 12. The first-order valence-corrected chi connectivity index (χ1v) is 22.5. The van der Waals surface area contributed by atoms with Crippen molar-refractivity contribution >= 4 is 35.8 Å². The van der Waals surface area contributed by atoms with Crippen molar-refractivity contribution in [3.05, 3.63) is 0 Å². The monoisotopic (exact) mass is 811 g/mol. The van der Waals surface area contributed by atoms with Gasteiger partial charge in [-0.3, -0.25) is 28.8 Å². The summed E-state index contributed by atoms with van der Waals surface area (Å²) >= 11 is 0. The molecule has 0 spiro atoms. The predicted octanol–water partition coefficient (Wildman–Crippen LogP) is 9.70. The first-order valence-electron chi connectivity index (χ1n) is 22.5. The third-order valence-corrected chi connectivity index (χ3v) is 11.4. The molecule has 12 heteroatoms. The van der Waals surface area contributed by atoms with Crippen LogP contribution in [-0.2, 0) is 57.2 Å². The van der Waals surface area contributed by atoms with Gasteiger partial charge in [-0.25, -0.2) is 0 Å². The maximum absolute atomic E-state index is 13.5. The van der Waals surface area contributed by atoms with Crippen molar-refractivity contribution in [2.24, 2.45) is 16.2 Å². The molecule has 0 aliphatic heterocycles. The first-order chi connectivity index (χ1) is 27.5. The Hall–Kier alpha value is -3.18. The largest absolute Gasteiger partial charge is 0.465 e. The van der Waals surface area contributed by atoms with Crippen LogP contribution in [0.25, 0.3) is 0 Å². The van der Waals surface area contributed by atoms with E-state index in [0.717, 1.165) is 77.0 Å². The first kappa shape index (κ1) is 51.8. The summed E-state index contributed by atoms with van der Waals surface area (Å²) in [5.41, 5.74) is -4.10. The van der Waals surface area contributed by atoms with Gasteiger partial charge in [0.15, 0.2) is 16.2 Å². The second kappa shape index (κ2) is 29.9. The molecule has 1 saturated carbocycles. The van der Waals surface area contributed by atoms with Gasteiger partial charge in [0.05, 0.1) is 39.6 Å². The molecule has 0 amide bonds. The van der Waals surface area contributed by atoms with Crippen molar-refractivity contribution in [1.29, 1.82) is 0 Å². The SMILES string of the molecule is CCOC(=O)C1(C(=O)OCC)CCCCCCCCC(C(=O)OCC)(C(=O)OCC)CCCCCCCCC(C(=O)OCC)(C(=O)OCC)CCCCCCCC1. The lowest BCUT2D eigenvalue weighted by atomic mass is 9.77. The summed E-state index contributed by atoms with van der Waals surface area (Å²) in [6, 6.07) is 0. The van der Waals surface area contributed by atoms with Gasteiger partial charge in [0.1, 0.15) is 0 Å². The van der Waals surface area contributed by atoms with Crippen LogP contribution in [0.3, 0.4) is 0 Å². The Morgan fingerprint density at radius 3 is 0.509 bits per heavy atom. The van der Waals surface area contributed by atoms with E-state index in [1.807, 2.05) is 0 Å². The maximum Gasteiger partial charge on any atom is 0.323 e. The number of esters is 6. The van der Waals surface area contributed by atoms with E-state index >= 15 is 0 Å². The van der Waals surface area contributed by atoms with Crippen LogP contribution in [0.1, 0.15) is 196 Å². The smallest absolute Gasteiger partial charge is 0.323 e. The highest BCUT2D eigenvalue weighted by Gasteiger charge is 2.50. The topological polar surface area (TPSA) is 158 Å². The molecule has 0 aromatic carbocycles. The Morgan fingerprint density at radius 1 is 0.263 bits per heavy atom. The van der Waals surface area contributed by atoms with Gasteiger partial charge in [-0.15, -0.1) is 0 Å². The summed E-state index contributed by atoms with van der Waals surface area (Å²) in [4.78, 5) is 80.8. The number of carbonyl (C=O) groups is 6. The van der Waals surface area contributed by atoms with Crippen LogP contribution >= 0.6 is 0 Å². The highest BCUT2D eigenvalue weighted by Crippen LogP contribution is 2.39. The Kier molecular flexibility index (Phi) is 27.2. The quantitative estimate of drug-likeness (QED) is 0.105.